The first-order chi connectivity index (χ1) is 8.69. The molecule has 0 bridgehead atoms. The van der Waals surface area contributed by atoms with Crippen molar-refractivity contribution in [2.75, 3.05) is 6.61 Å². The molecule has 5 heteroatoms. The van der Waals surface area contributed by atoms with Gasteiger partial charge in [0.1, 0.15) is 6.42 Å². The Morgan fingerprint density at radius 2 is 2.39 bits per heavy atom. The number of thiazole rings is 1. The van der Waals surface area contributed by atoms with Crippen LogP contribution in [0.25, 0.3) is 10.2 Å². The molecule has 0 saturated heterocycles. The molecule has 1 aromatic carbocycles. The van der Waals surface area contributed by atoms with Crippen molar-refractivity contribution in [1.82, 2.24) is 4.98 Å². The van der Waals surface area contributed by atoms with E-state index in [1.165, 1.54) is 11.3 Å². The van der Waals surface area contributed by atoms with Gasteiger partial charge in [-0.15, -0.1) is 11.3 Å². The minimum atomic E-state index is -0.299. The molecule has 0 N–H and O–H groups in total. The van der Waals surface area contributed by atoms with E-state index in [1.54, 1.807) is 6.92 Å². The van der Waals surface area contributed by atoms with Gasteiger partial charge in [-0.1, -0.05) is 23.4 Å². The molecule has 0 aliphatic rings. The first-order valence-electron chi connectivity index (χ1n) is 5.39. The molecule has 3 nitrogen and oxygen atoms in total. The second kappa shape index (κ2) is 5.85. The van der Waals surface area contributed by atoms with Gasteiger partial charge in [0.05, 0.1) is 16.8 Å². The van der Waals surface area contributed by atoms with E-state index in [2.05, 4.69) is 16.8 Å². The Bertz CT molecular complexity index is 639. The summed E-state index contributed by atoms with van der Waals surface area (Å²) in [6, 6.07) is 5.64. The number of hydrogen-bond donors (Lipinski definition) is 0. The number of carbonyl (C=O) groups is 1. The van der Waals surface area contributed by atoms with Gasteiger partial charge in [0.25, 0.3) is 0 Å². The highest BCUT2D eigenvalue weighted by Gasteiger charge is 2.01. The van der Waals surface area contributed by atoms with Crippen LogP contribution in [0.15, 0.2) is 18.2 Å². The van der Waals surface area contributed by atoms with Crippen LogP contribution < -0.4 is 0 Å². The lowest BCUT2D eigenvalue weighted by atomic mass is 10.2. The maximum Gasteiger partial charge on any atom is 0.317 e. The molecule has 0 saturated carbocycles. The molecule has 0 fully saturated rings. The van der Waals surface area contributed by atoms with Gasteiger partial charge in [-0.05, 0) is 25.1 Å². The van der Waals surface area contributed by atoms with Crippen LogP contribution in [0.3, 0.4) is 0 Å². The summed E-state index contributed by atoms with van der Waals surface area (Å²) in [4.78, 5) is 15.2. The largest absolute Gasteiger partial charge is 0.465 e. The second-order valence-corrected chi connectivity index (χ2v) is 5.05. The van der Waals surface area contributed by atoms with Crippen molar-refractivity contribution in [3.05, 3.63) is 28.2 Å². The fraction of sp³-hybridized carbons (Fsp3) is 0.231. The number of aromatic nitrogens is 1. The van der Waals surface area contributed by atoms with Crippen LogP contribution >= 0.6 is 22.9 Å². The van der Waals surface area contributed by atoms with Gasteiger partial charge in [0.2, 0.25) is 0 Å². The van der Waals surface area contributed by atoms with Crippen molar-refractivity contribution in [3.8, 4) is 11.8 Å². The molecule has 0 unspecified atom stereocenters. The smallest absolute Gasteiger partial charge is 0.317 e. The van der Waals surface area contributed by atoms with Crippen molar-refractivity contribution >= 4 is 39.1 Å². The quantitative estimate of drug-likeness (QED) is 0.626. The van der Waals surface area contributed by atoms with Crippen molar-refractivity contribution in [2.24, 2.45) is 0 Å². The molecule has 0 aliphatic heterocycles. The summed E-state index contributed by atoms with van der Waals surface area (Å²) in [6.45, 7) is 2.15. The summed E-state index contributed by atoms with van der Waals surface area (Å²) in [6.07, 6.45) is 0.106. The van der Waals surface area contributed by atoms with E-state index in [9.17, 15) is 4.79 Å². The van der Waals surface area contributed by atoms with E-state index in [1.807, 2.05) is 18.2 Å². The number of ether oxygens (including phenoxy) is 1. The average Bonchev–Trinajstić information content (AvgIpc) is 2.69. The highest BCUT2D eigenvalue weighted by molar-refractivity contribution is 7.22. The normalized spacial score (nSPS) is 9.89. The summed E-state index contributed by atoms with van der Waals surface area (Å²) < 4.78 is 6.29. The highest BCUT2D eigenvalue weighted by atomic mass is 35.5. The monoisotopic (exact) mass is 279 g/mol. The summed E-state index contributed by atoms with van der Waals surface area (Å²) in [5.41, 5.74) is 1.70. The Kier molecular flexibility index (Phi) is 4.19. The summed E-state index contributed by atoms with van der Waals surface area (Å²) in [5.74, 6) is 5.41. The molecule has 92 valence electrons. The number of rotatable bonds is 2. The van der Waals surface area contributed by atoms with E-state index in [0.29, 0.717) is 11.1 Å². The number of fused-ring (bicyclic) bond motifs is 1. The molecule has 2 aromatic rings. The third-order valence-electron chi connectivity index (χ3n) is 2.13. The van der Waals surface area contributed by atoms with Gasteiger partial charge in [-0.25, -0.2) is 4.98 Å². The van der Waals surface area contributed by atoms with Crippen LogP contribution in [0.1, 0.15) is 18.9 Å². The van der Waals surface area contributed by atoms with Crippen LogP contribution in [0.5, 0.6) is 0 Å². The number of hydrogen-bond acceptors (Lipinski definition) is 4. The zero-order valence-electron chi connectivity index (χ0n) is 9.70. The van der Waals surface area contributed by atoms with E-state index in [4.69, 9.17) is 16.3 Å². The Morgan fingerprint density at radius 1 is 1.56 bits per heavy atom. The van der Waals surface area contributed by atoms with E-state index < -0.39 is 0 Å². The van der Waals surface area contributed by atoms with E-state index in [-0.39, 0.29) is 12.4 Å². The maximum absolute atomic E-state index is 11.1. The fourth-order valence-electron chi connectivity index (χ4n) is 1.40. The SMILES string of the molecule is CCOC(=O)CC#Cc1ccc2nc(Cl)sc2c1. The molecule has 1 heterocycles. The van der Waals surface area contributed by atoms with Gasteiger partial charge >= 0.3 is 5.97 Å². The number of benzene rings is 1. The van der Waals surface area contributed by atoms with Crippen molar-refractivity contribution in [3.63, 3.8) is 0 Å². The summed E-state index contributed by atoms with van der Waals surface area (Å²) in [7, 11) is 0. The van der Waals surface area contributed by atoms with Crippen molar-refractivity contribution in [1.29, 1.82) is 0 Å². The first kappa shape index (κ1) is 12.9. The number of carbonyl (C=O) groups excluding carboxylic acids is 1. The molecule has 18 heavy (non-hydrogen) atoms. The van der Waals surface area contributed by atoms with Crippen molar-refractivity contribution in [2.45, 2.75) is 13.3 Å². The predicted molar refractivity (Wildman–Crippen MR) is 72.8 cm³/mol. The summed E-state index contributed by atoms with van der Waals surface area (Å²) >= 11 is 7.24. The molecule has 0 aliphatic carbocycles. The zero-order chi connectivity index (χ0) is 13.0. The molecule has 0 radical (unpaired) electrons. The molecule has 0 atom stereocenters. The molecular weight excluding hydrogens is 270 g/mol. The first-order valence-corrected chi connectivity index (χ1v) is 6.59. The topological polar surface area (TPSA) is 39.2 Å². The van der Waals surface area contributed by atoms with Crippen LogP contribution in [0, 0.1) is 11.8 Å². The second-order valence-electron chi connectivity index (χ2n) is 3.43. The van der Waals surface area contributed by atoms with Gasteiger partial charge in [-0.2, -0.15) is 0 Å². The van der Waals surface area contributed by atoms with Crippen LogP contribution in [0.4, 0.5) is 0 Å². The average molecular weight is 280 g/mol. The minimum absolute atomic E-state index is 0.106. The lowest BCUT2D eigenvalue weighted by Gasteiger charge is -1.94. The van der Waals surface area contributed by atoms with E-state index >= 15 is 0 Å². The van der Waals surface area contributed by atoms with Crippen LogP contribution in [0.2, 0.25) is 4.47 Å². The lowest BCUT2D eigenvalue weighted by Crippen LogP contribution is -2.01. The van der Waals surface area contributed by atoms with Gasteiger partial charge in [0.15, 0.2) is 4.47 Å². The Labute approximate surface area is 114 Å². The van der Waals surface area contributed by atoms with Crippen molar-refractivity contribution < 1.29 is 9.53 Å². The Morgan fingerprint density at radius 3 is 3.17 bits per heavy atom. The van der Waals surface area contributed by atoms with Crippen LogP contribution in [-0.4, -0.2) is 17.6 Å². The number of nitrogens with zero attached hydrogens (tertiary/aromatic N) is 1. The zero-order valence-corrected chi connectivity index (χ0v) is 11.3. The maximum atomic E-state index is 11.1. The van der Waals surface area contributed by atoms with Gasteiger partial charge < -0.3 is 4.74 Å². The molecule has 2 rings (SSSR count). The summed E-state index contributed by atoms with van der Waals surface area (Å²) in [5, 5.41) is 0. The Balaban J connectivity index is 2.12. The van der Waals surface area contributed by atoms with Crippen LogP contribution in [-0.2, 0) is 9.53 Å². The number of halogens is 1. The molecule has 1 aromatic heterocycles. The standard InChI is InChI=1S/C13H10ClNO2S/c1-2-17-12(16)5-3-4-9-6-7-10-11(8-9)18-13(14)15-10/h6-8H,2,5H2,1H3. The molecular formula is C13H10ClNO2S. The Hall–Kier alpha value is -1.57. The van der Waals surface area contributed by atoms with Gasteiger partial charge in [0, 0.05) is 5.56 Å². The molecule has 0 amide bonds. The third kappa shape index (κ3) is 3.22. The van der Waals surface area contributed by atoms with Gasteiger partial charge in [-0.3, -0.25) is 4.79 Å². The third-order valence-corrected chi connectivity index (χ3v) is 3.26. The highest BCUT2D eigenvalue weighted by Crippen LogP contribution is 2.26. The fourth-order valence-corrected chi connectivity index (χ4v) is 2.47. The predicted octanol–water partition coefficient (Wildman–Crippen LogP) is 3.25. The lowest BCUT2D eigenvalue weighted by molar-refractivity contribution is -0.141. The minimum Gasteiger partial charge on any atom is -0.465 e. The number of esters is 1. The molecule has 0 spiro atoms. The van der Waals surface area contributed by atoms with E-state index in [0.717, 1.165) is 15.8 Å².